The second kappa shape index (κ2) is 8.60. The molecule has 0 unspecified atom stereocenters. The van der Waals surface area contributed by atoms with E-state index in [-0.39, 0.29) is 24.7 Å². The molecule has 0 bridgehead atoms. The Morgan fingerprint density at radius 1 is 1.00 bits per heavy atom. The van der Waals surface area contributed by atoms with Gasteiger partial charge in [-0.3, -0.25) is 9.59 Å². The maximum absolute atomic E-state index is 13.6. The van der Waals surface area contributed by atoms with E-state index in [1.54, 1.807) is 0 Å². The van der Waals surface area contributed by atoms with Crippen molar-refractivity contribution in [2.45, 2.75) is 62.6 Å². The monoisotopic (exact) mass is 510 g/mol. The maximum Gasteiger partial charge on any atom is 0.309 e. The zero-order valence-corrected chi connectivity index (χ0v) is 22.1. The van der Waals surface area contributed by atoms with Gasteiger partial charge in [0, 0.05) is 12.5 Å². The highest BCUT2D eigenvalue weighted by Gasteiger charge is 2.74. The molecule has 5 rings (SSSR count). The van der Waals surface area contributed by atoms with Gasteiger partial charge in [0.15, 0.2) is 17.5 Å². The first-order chi connectivity index (χ1) is 16.9. The van der Waals surface area contributed by atoms with Crippen LogP contribution in [0.25, 0.3) is 0 Å². The highest BCUT2D eigenvalue weighted by atomic mass is 28.4. The second-order valence-corrected chi connectivity index (χ2v) is 15.7. The van der Waals surface area contributed by atoms with Crippen LogP contribution in [0.5, 0.6) is 0 Å². The molecule has 0 spiro atoms. The molecule has 0 aromatic heterocycles. The van der Waals surface area contributed by atoms with Crippen molar-refractivity contribution in [2.75, 3.05) is 13.2 Å². The molecule has 2 aromatic rings. The summed E-state index contributed by atoms with van der Waals surface area (Å²) in [6.07, 6.45) is -1.79. The van der Waals surface area contributed by atoms with E-state index in [0.717, 1.165) is 10.4 Å². The van der Waals surface area contributed by atoms with Gasteiger partial charge in [0.05, 0.1) is 18.9 Å². The number of carbonyl (C=O) groups is 2. The number of hydrogen-bond donors (Lipinski definition) is 2. The first kappa shape index (κ1) is 25.3. The summed E-state index contributed by atoms with van der Waals surface area (Å²) >= 11 is 0. The summed E-state index contributed by atoms with van der Waals surface area (Å²) in [6, 6.07) is 20.2. The molecule has 3 fully saturated rings. The van der Waals surface area contributed by atoms with Gasteiger partial charge >= 0.3 is 5.97 Å². The smallest absolute Gasteiger partial charge is 0.309 e. The number of rotatable bonds is 5. The lowest BCUT2D eigenvalue weighted by atomic mass is 9.73. The average Bonchev–Trinajstić information content (AvgIpc) is 3.30. The maximum atomic E-state index is 13.6. The van der Waals surface area contributed by atoms with Crippen molar-refractivity contribution in [3.05, 3.63) is 60.7 Å². The van der Waals surface area contributed by atoms with Crippen molar-refractivity contribution in [1.29, 1.82) is 0 Å². The molecule has 0 radical (unpaired) electrons. The third kappa shape index (κ3) is 3.46. The standard InChI is InChI=1S/C28H34O7Si/c1-26(2,3)36(18-11-7-5-8-12-18,19-13-9-6-10-14-19)34-16-20-21-17-33-22-15-23(29)35-25(22)28(21,32)27(4,31)24(20)30/h5-14,20-22,25,31-32H,15-17H2,1-4H3/t20-,21+,22+,25-,27-,28+/m1/s1. The van der Waals surface area contributed by atoms with Crippen LogP contribution in [0.15, 0.2) is 60.7 Å². The molecule has 2 aliphatic heterocycles. The number of fused-ring (bicyclic) bond motifs is 3. The minimum atomic E-state index is -2.95. The van der Waals surface area contributed by atoms with Crippen molar-refractivity contribution < 1.29 is 33.7 Å². The van der Waals surface area contributed by atoms with Gasteiger partial charge in [-0.05, 0) is 22.3 Å². The van der Waals surface area contributed by atoms with Crippen LogP contribution in [-0.4, -0.2) is 66.9 Å². The van der Waals surface area contributed by atoms with Crippen molar-refractivity contribution in [2.24, 2.45) is 11.8 Å². The first-order valence-corrected chi connectivity index (χ1v) is 14.4. The molecule has 7 nitrogen and oxygen atoms in total. The Hall–Kier alpha value is -2.36. The summed E-state index contributed by atoms with van der Waals surface area (Å²) in [7, 11) is -2.95. The number of benzene rings is 2. The summed E-state index contributed by atoms with van der Waals surface area (Å²) in [5.41, 5.74) is -4.05. The van der Waals surface area contributed by atoms with Gasteiger partial charge in [0.1, 0.15) is 11.7 Å². The van der Waals surface area contributed by atoms with Gasteiger partial charge in [-0.1, -0.05) is 81.4 Å². The summed E-state index contributed by atoms with van der Waals surface area (Å²) in [6.45, 7) is 7.80. The molecule has 2 saturated heterocycles. The Morgan fingerprint density at radius 2 is 1.56 bits per heavy atom. The molecule has 2 heterocycles. The highest BCUT2D eigenvalue weighted by Crippen LogP contribution is 2.53. The zero-order valence-electron chi connectivity index (χ0n) is 21.1. The van der Waals surface area contributed by atoms with Gasteiger partial charge in [-0.25, -0.2) is 0 Å². The predicted octanol–water partition coefficient (Wildman–Crippen LogP) is 1.57. The van der Waals surface area contributed by atoms with Crippen LogP contribution >= 0.6 is 0 Å². The van der Waals surface area contributed by atoms with E-state index in [4.69, 9.17) is 13.9 Å². The lowest BCUT2D eigenvalue weighted by Crippen LogP contribution is -2.67. The molecule has 0 amide bonds. The lowest BCUT2D eigenvalue weighted by molar-refractivity contribution is -0.250. The normalized spacial score (nSPS) is 34.3. The molecule has 2 aromatic carbocycles. The van der Waals surface area contributed by atoms with Crippen LogP contribution in [-0.2, 0) is 23.5 Å². The van der Waals surface area contributed by atoms with E-state index >= 15 is 0 Å². The number of Topliss-reactive ketones (excluding diaryl/α,β-unsaturated/α-hetero) is 1. The summed E-state index contributed by atoms with van der Waals surface area (Å²) in [5.74, 6) is -2.62. The van der Waals surface area contributed by atoms with E-state index in [1.807, 2.05) is 36.4 Å². The fourth-order valence-electron chi connectivity index (χ4n) is 6.59. The lowest BCUT2D eigenvalue weighted by Gasteiger charge is -2.47. The summed E-state index contributed by atoms with van der Waals surface area (Å²) in [5, 5.41) is 25.0. The largest absolute Gasteiger partial charge is 0.456 e. The van der Waals surface area contributed by atoms with Crippen molar-refractivity contribution in [3.8, 4) is 0 Å². The fraction of sp³-hybridized carbons (Fsp3) is 0.500. The number of ether oxygens (including phenoxy) is 2. The van der Waals surface area contributed by atoms with Crippen LogP contribution in [0.3, 0.4) is 0 Å². The van der Waals surface area contributed by atoms with Gasteiger partial charge < -0.3 is 24.1 Å². The number of esters is 1. The van der Waals surface area contributed by atoms with E-state index in [0.29, 0.717) is 0 Å². The molecule has 3 aliphatic rings. The highest BCUT2D eigenvalue weighted by molar-refractivity contribution is 6.99. The van der Waals surface area contributed by atoms with Crippen molar-refractivity contribution >= 4 is 30.4 Å². The third-order valence-corrected chi connectivity index (χ3v) is 13.4. The minimum absolute atomic E-state index is 0.00390. The molecule has 36 heavy (non-hydrogen) atoms. The Labute approximate surface area is 212 Å². The zero-order chi connectivity index (χ0) is 25.9. The van der Waals surface area contributed by atoms with Crippen molar-refractivity contribution in [1.82, 2.24) is 0 Å². The topological polar surface area (TPSA) is 102 Å². The fourth-order valence-corrected chi connectivity index (χ4v) is 11.2. The van der Waals surface area contributed by atoms with E-state index in [1.165, 1.54) is 6.92 Å². The van der Waals surface area contributed by atoms with Gasteiger partial charge in [0.25, 0.3) is 8.32 Å². The van der Waals surface area contributed by atoms with Gasteiger partial charge in [-0.15, -0.1) is 0 Å². The summed E-state index contributed by atoms with van der Waals surface area (Å²) < 4.78 is 18.2. The quantitative estimate of drug-likeness (QED) is 0.465. The van der Waals surface area contributed by atoms with Crippen LogP contribution in [0, 0.1) is 11.8 Å². The number of aliphatic hydroxyl groups is 2. The predicted molar refractivity (Wildman–Crippen MR) is 135 cm³/mol. The molecular weight excluding hydrogens is 476 g/mol. The van der Waals surface area contributed by atoms with Crippen molar-refractivity contribution in [3.63, 3.8) is 0 Å². The van der Waals surface area contributed by atoms with Gasteiger partial charge in [-0.2, -0.15) is 0 Å². The Morgan fingerprint density at radius 3 is 2.08 bits per heavy atom. The van der Waals surface area contributed by atoms with E-state index < -0.39 is 55.3 Å². The molecule has 8 heteroatoms. The number of ketones is 1. The number of hydrogen-bond acceptors (Lipinski definition) is 7. The SMILES string of the molecule is CC(C)(C)[Si](OC[C@H]1C(=O)[C@@](C)(O)[C@@]2(O)[C@@H]3OC(=O)C[C@@H]3OC[C@@H]12)(c1ccccc1)c1ccccc1. The second-order valence-electron chi connectivity index (χ2n) is 11.4. The summed E-state index contributed by atoms with van der Waals surface area (Å²) in [4.78, 5) is 25.6. The molecule has 1 aliphatic carbocycles. The Kier molecular flexibility index (Phi) is 6.04. The Bertz CT molecular complexity index is 1100. The van der Waals surface area contributed by atoms with Crippen LogP contribution in [0.2, 0.25) is 5.04 Å². The molecule has 1 saturated carbocycles. The van der Waals surface area contributed by atoms with Crippen LogP contribution in [0.1, 0.15) is 34.1 Å². The molecule has 6 atom stereocenters. The van der Waals surface area contributed by atoms with E-state index in [9.17, 15) is 19.8 Å². The van der Waals surface area contributed by atoms with E-state index in [2.05, 4.69) is 45.0 Å². The number of carbonyl (C=O) groups excluding carboxylic acids is 2. The first-order valence-electron chi connectivity index (χ1n) is 12.5. The molecule has 2 N–H and O–H groups in total. The van der Waals surface area contributed by atoms with Crippen LogP contribution in [0.4, 0.5) is 0 Å². The van der Waals surface area contributed by atoms with Gasteiger partial charge in [0.2, 0.25) is 0 Å². The average molecular weight is 511 g/mol. The Balaban J connectivity index is 1.55. The molecular formula is C28H34O7Si. The van der Waals surface area contributed by atoms with Crippen LogP contribution < -0.4 is 10.4 Å². The minimum Gasteiger partial charge on any atom is -0.456 e. The molecule has 192 valence electrons. The third-order valence-electron chi connectivity index (χ3n) is 8.43.